The van der Waals surface area contributed by atoms with Gasteiger partial charge in [-0.25, -0.2) is 0 Å². The van der Waals surface area contributed by atoms with E-state index in [1.807, 2.05) is 39.0 Å². The summed E-state index contributed by atoms with van der Waals surface area (Å²) in [5.74, 6) is 0.273. The molecule has 96 valence electrons. The van der Waals surface area contributed by atoms with Crippen LogP contribution in [0.15, 0.2) is 18.2 Å². The zero-order valence-corrected chi connectivity index (χ0v) is 11.8. The number of nitrogens with one attached hydrogen (secondary N) is 1. The molecule has 1 N–H and O–H groups in total. The van der Waals surface area contributed by atoms with Crippen molar-refractivity contribution in [2.24, 2.45) is 0 Å². The van der Waals surface area contributed by atoms with Gasteiger partial charge in [-0.1, -0.05) is 32.0 Å². The number of benzene rings is 1. The van der Waals surface area contributed by atoms with Crippen molar-refractivity contribution in [2.75, 3.05) is 18.8 Å². The zero-order valence-electron chi connectivity index (χ0n) is 11.0. The van der Waals surface area contributed by atoms with Gasteiger partial charge in [-0.05, 0) is 24.0 Å². The van der Waals surface area contributed by atoms with Crippen LogP contribution in [-0.4, -0.2) is 26.8 Å². The van der Waals surface area contributed by atoms with Crippen molar-refractivity contribution in [1.82, 2.24) is 4.31 Å². The summed E-state index contributed by atoms with van der Waals surface area (Å²) in [6.45, 7) is 5.99. The topological polar surface area (TPSA) is 49.4 Å². The fourth-order valence-corrected chi connectivity index (χ4v) is 2.25. The van der Waals surface area contributed by atoms with E-state index in [-0.39, 0.29) is 5.92 Å². The lowest BCUT2D eigenvalue weighted by Gasteiger charge is -2.19. The Labute approximate surface area is 104 Å². The van der Waals surface area contributed by atoms with Gasteiger partial charge >= 0.3 is 10.2 Å². The minimum Gasteiger partial charge on any atom is -0.270 e. The highest BCUT2D eigenvalue weighted by Crippen LogP contribution is 2.28. The third-order valence-corrected chi connectivity index (χ3v) is 4.06. The van der Waals surface area contributed by atoms with Crippen molar-refractivity contribution < 1.29 is 8.42 Å². The quantitative estimate of drug-likeness (QED) is 0.899. The van der Waals surface area contributed by atoms with Crippen LogP contribution in [0.5, 0.6) is 0 Å². The van der Waals surface area contributed by atoms with E-state index in [0.29, 0.717) is 5.69 Å². The van der Waals surface area contributed by atoms with E-state index in [1.165, 1.54) is 18.4 Å². The predicted molar refractivity (Wildman–Crippen MR) is 71.5 cm³/mol. The highest BCUT2D eigenvalue weighted by atomic mass is 32.2. The third-order valence-electron chi connectivity index (χ3n) is 2.64. The van der Waals surface area contributed by atoms with Crippen LogP contribution in [0.3, 0.4) is 0 Å². The highest BCUT2D eigenvalue weighted by molar-refractivity contribution is 7.90. The van der Waals surface area contributed by atoms with Crippen LogP contribution in [0.1, 0.15) is 30.9 Å². The Morgan fingerprint density at radius 1 is 1.24 bits per heavy atom. The van der Waals surface area contributed by atoms with Crippen LogP contribution in [0.2, 0.25) is 0 Å². The van der Waals surface area contributed by atoms with Crippen LogP contribution in [-0.2, 0) is 10.2 Å². The molecular formula is C12H20N2O2S. The lowest BCUT2D eigenvalue weighted by Crippen LogP contribution is -2.29. The molecular weight excluding hydrogens is 236 g/mol. The molecule has 1 rings (SSSR count). The molecule has 0 aromatic heterocycles. The number of hydrogen-bond acceptors (Lipinski definition) is 2. The lowest BCUT2D eigenvalue weighted by molar-refractivity contribution is 0.526. The summed E-state index contributed by atoms with van der Waals surface area (Å²) in [4.78, 5) is 0. The molecule has 0 fully saturated rings. The molecule has 0 amide bonds. The Bertz CT molecular complexity index is 493. The van der Waals surface area contributed by atoms with Crippen LogP contribution in [0, 0.1) is 6.92 Å². The first-order chi connectivity index (χ1) is 7.75. The summed E-state index contributed by atoms with van der Waals surface area (Å²) in [7, 11) is -0.427. The van der Waals surface area contributed by atoms with Crippen molar-refractivity contribution in [3.05, 3.63) is 29.3 Å². The van der Waals surface area contributed by atoms with E-state index in [2.05, 4.69) is 4.72 Å². The van der Waals surface area contributed by atoms with E-state index in [4.69, 9.17) is 0 Å². The molecule has 17 heavy (non-hydrogen) atoms. The minimum atomic E-state index is -3.45. The lowest BCUT2D eigenvalue weighted by atomic mass is 9.99. The smallest absolute Gasteiger partial charge is 0.270 e. The van der Waals surface area contributed by atoms with Gasteiger partial charge in [-0.2, -0.15) is 12.7 Å². The predicted octanol–water partition coefficient (Wildman–Crippen LogP) is 2.34. The SMILES string of the molecule is Cc1cccc(C(C)C)c1NS(=O)(=O)N(C)C. The molecule has 0 radical (unpaired) electrons. The second-order valence-corrected chi connectivity index (χ2v) is 6.47. The standard InChI is InChI=1S/C12H20N2O2S/c1-9(2)11-8-6-7-10(3)12(11)13-17(15,16)14(4)5/h6-9,13H,1-5H3. The largest absolute Gasteiger partial charge is 0.301 e. The summed E-state index contributed by atoms with van der Waals surface area (Å²) in [6.07, 6.45) is 0. The van der Waals surface area contributed by atoms with Gasteiger partial charge in [-0.15, -0.1) is 0 Å². The molecule has 0 unspecified atom stereocenters. The molecule has 0 bridgehead atoms. The van der Waals surface area contributed by atoms with Gasteiger partial charge in [0.15, 0.2) is 0 Å². The second-order valence-electron chi connectivity index (χ2n) is 4.58. The maximum Gasteiger partial charge on any atom is 0.301 e. The maximum absolute atomic E-state index is 11.8. The molecule has 1 aromatic carbocycles. The number of rotatable bonds is 4. The van der Waals surface area contributed by atoms with Crippen LogP contribution < -0.4 is 4.72 Å². The number of para-hydroxylation sites is 1. The monoisotopic (exact) mass is 256 g/mol. The van der Waals surface area contributed by atoms with Crippen LogP contribution in [0.25, 0.3) is 0 Å². The molecule has 0 atom stereocenters. The first-order valence-electron chi connectivity index (χ1n) is 5.55. The normalized spacial score (nSPS) is 12.2. The van der Waals surface area contributed by atoms with Crippen molar-refractivity contribution in [3.63, 3.8) is 0 Å². The molecule has 1 aromatic rings. The first-order valence-corrected chi connectivity index (χ1v) is 6.99. The van der Waals surface area contributed by atoms with E-state index in [0.717, 1.165) is 11.1 Å². The molecule has 0 aliphatic heterocycles. The number of anilines is 1. The minimum absolute atomic E-state index is 0.273. The maximum atomic E-state index is 11.8. The highest BCUT2D eigenvalue weighted by Gasteiger charge is 2.17. The Kier molecular flexibility index (Phi) is 4.16. The average Bonchev–Trinajstić information content (AvgIpc) is 2.20. The van der Waals surface area contributed by atoms with Crippen molar-refractivity contribution >= 4 is 15.9 Å². The number of hydrogen-bond donors (Lipinski definition) is 1. The first kappa shape index (κ1) is 14.0. The van der Waals surface area contributed by atoms with Gasteiger partial charge in [0.1, 0.15) is 0 Å². The molecule has 4 nitrogen and oxygen atoms in total. The van der Waals surface area contributed by atoms with Crippen LogP contribution >= 0.6 is 0 Å². The Balaban J connectivity index is 3.23. The summed E-state index contributed by atoms with van der Waals surface area (Å²) < 4.78 is 27.5. The fourth-order valence-electron chi connectivity index (χ4n) is 1.53. The van der Waals surface area contributed by atoms with Gasteiger partial charge in [0.2, 0.25) is 0 Å². The summed E-state index contributed by atoms with van der Waals surface area (Å²) in [5.41, 5.74) is 2.63. The van der Waals surface area contributed by atoms with Gasteiger partial charge < -0.3 is 0 Å². The Morgan fingerprint density at radius 2 is 1.82 bits per heavy atom. The molecule has 0 aliphatic rings. The van der Waals surface area contributed by atoms with Gasteiger partial charge in [0.25, 0.3) is 0 Å². The molecule has 5 heteroatoms. The van der Waals surface area contributed by atoms with Gasteiger partial charge in [0, 0.05) is 14.1 Å². The molecule has 0 saturated carbocycles. The summed E-state index contributed by atoms with van der Waals surface area (Å²) in [5, 5.41) is 0. The van der Waals surface area contributed by atoms with Crippen molar-refractivity contribution in [3.8, 4) is 0 Å². The molecule has 0 heterocycles. The number of aryl methyl sites for hydroxylation is 1. The Morgan fingerprint density at radius 3 is 2.29 bits per heavy atom. The van der Waals surface area contributed by atoms with E-state index in [1.54, 1.807) is 0 Å². The van der Waals surface area contributed by atoms with Crippen molar-refractivity contribution in [2.45, 2.75) is 26.7 Å². The van der Waals surface area contributed by atoms with Gasteiger partial charge in [-0.3, -0.25) is 4.72 Å². The average molecular weight is 256 g/mol. The molecule has 0 saturated heterocycles. The van der Waals surface area contributed by atoms with Crippen LogP contribution in [0.4, 0.5) is 5.69 Å². The Hall–Kier alpha value is -1.07. The summed E-state index contributed by atoms with van der Waals surface area (Å²) in [6, 6.07) is 5.79. The van der Waals surface area contributed by atoms with Gasteiger partial charge in [0.05, 0.1) is 5.69 Å². The van der Waals surface area contributed by atoms with Crippen molar-refractivity contribution in [1.29, 1.82) is 0 Å². The third kappa shape index (κ3) is 3.20. The summed E-state index contributed by atoms with van der Waals surface area (Å²) >= 11 is 0. The number of nitrogens with zero attached hydrogens (tertiary/aromatic N) is 1. The molecule has 0 aliphatic carbocycles. The fraction of sp³-hybridized carbons (Fsp3) is 0.500. The van der Waals surface area contributed by atoms with E-state index >= 15 is 0 Å². The zero-order chi connectivity index (χ0) is 13.2. The molecule has 0 spiro atoms. The van der Waals surface area contributed by atoms with E-state index in [9.17, 15) is 8.42 Å². The second kappa shape index (κ2) is 5.06. The van der Waals surface area contributed by atoms with E-state index < -0.39 is 10.2 Å².